The summed E-state index contributed by atoms with van der Waals surface area (Å²) in [6.07, 6.45) is 1.50. The normalized spacial score (nSPS) is 11.0. The number of phenolic OH excluding ortho intramolecular Hbond substituents is 1. The fourth-order valence-corrected chi connectivity index (χ4v) is 2.28. The van der Waals surface area contributed by atoms with Crippen LogP contribution in [0.15, 0.2) is 65.8 Å². The van der Waals surface area contributed by atoms with E-state index in [4.69, 9.17) is 0 Å². The number of benzene rings is 3. The highest BCUT2D eigenvalue weighted by molar-refractivity contribution is 6.02. The molecular weight excluding hydrogens is 294 g/mol. The number of nitrogens with zero attached hydrogens (tertiary/aromatic N) is 2. The maximum Gasteiger partial charge on any atom is 0.271 e. The molecule has 3 rings (SSSR count). The molecule has 114 valence electrons. The number of fused-ring (bicyclic) bond motifs is 1. The maximum atomic E-state index is 10.7. The predicted octanol–water partition coefficient (Wildman–Crippen LogP) is 3.90. The number of nitrogens with one attached hydrogen (secondary N) is 1. The Morgan fingerprint density at radius 1 is 1.09 bits per heavy atom. The quantitative estimate of drug-likeness (QED) is 0.434. The SMILES string of the molecule is O=[N+]([O-])c1cccc(NN=Cc2c(O)ccc3ccccc23)c1. The van der Waals surface area contributed by atoms with Crippen LogP contribution in [0.3, 0.4) is 0 Å². The Balaban J connectivity index is 1.88. The van der Waals surface area contributed by atoms with Crippen molar-refractivity contribution in [2.24, 2.45) is 5.10 Å². The lowest BCUT2D eigenvalue weighted by Gasteiger charge is -2.05. The molecule has 2 N–H and O–H groups in total. The third-order valence-electron chi connectivity index (χ3n) is 3.39. The van der Waals surface area contributed by atoms with E-state index in [9.17, 15) is 15.2 Å². The zero-order valence-electron chi connectivity index (χ0n) is 12.0. The molecule has 3 aromatic carbocycles. The van der Waals surface area contributed by atoms with Crippen LogP contribution in [-0.2, 0) is 0 Å². The first-order valence-corrected chi connectivity index (χ1v) is 6.89. The Morgan fingerprint density at radius 3 is 2.74 bits per heavy atom. The van der Waals surface area contributed by atoms with Crippen LogP contribution in [0, 0.1) is 10.1 Å². The Morgan fingerprint density at radius 2 is 1.91 bits per heavy atom. The van der Waals surface area contributed by atoms with E-state index in [-0.39, 0.29) is 11.4 Å². The molecule has 23 heavy (non-hydrogen) atoms. The number of nitro groups is 1. The number of hydrogen-bond acceptors (Lipinski definition) is 5. The van der Waals surface area contributed by atoms with Gasteiger partial charge in [-0.1, -0.05) is 36.4 Å². The molecule has 0 aliphatic rings. The largest absolute Gasteiger partial charge is 0.507 e. The van der Waals surface area contributed by atoms with Crippen molar-refractivity contribution in [3.8, 4) is 5.75 Å². The summed E-state index contributed by atoms with van der Waals surface area (Å²) in [5, 5.41) is 26.7. The standard InChI is InChI=1S/C17H13N3O3/c21-17-9-8-12-4-1-2-7-15(12)16(17)11-18-19-13-5-3-6-14(10-13)20(22)23/h1-11,19,21H. The Bertz CT molecular complexity index is 906. The third kappa shape index (κ3) is 3.11. The number of anilines is 1. The van der Waals surface area contributed by atoms with Crippen molar-refractivity contribution >= 4 is 28.4 Å². The summed E-state index contributed by atoms with van der Waals surface area (Å²) in [6.45, 7) is 0. The van der Waals surface area contributed by atoms with Crippen molar-refractivity contribution in [2.75, 3.05) is 5.43 Å². The van der Waals surface area contributed by atoms with E-state index in [2.05, 4.69) is 10.5 Å². The number of aromatic hydroxyl groups is 1. The minimum absolute atomic E-state index is 0.0155. The van der Waals surface area contributed by atoms with E-state index in [0.29, 0.717) is 11.3 Å². The molecule has 0 bridgehead atoms. The molecule has 0 aromatic heterocycles. The van der Waals surface area contributed by atoms with Crippen LogP contribution in [0.4, 0.5) is 11.4 Å². The van der Waals surface area contributed by atoms with Crippen LogP contribution in [0.1, 0.15) is 5.56 Å². The minimum Gasteiger partial charge on any atom is -0.507 e. The number of rotatable bonds is 4. The van der Waals surface area contributed by atoms with Crippen LogP contribution >= 0.6 is 0 Å². The van der Waals surface area contributed by atoms with Gasteiger partial charge in [0.25, 0.3) is 5.69 Å². The van der Waals surface area contributed by atoms with E-state index >= 15 is 0 Å². The number of nitro benzene ring substituents is 1. The summed E-state index contributed by atoms with van der Waals surface area (Å²) in [5.74, 6) is 0.119. The molecule has 0 atom stereocenters. The third-order valence-corrected chi connectivity index (χ3v) is 3.39. The Kier molecular flexibility index (Phi) is 3.88. The van der Waals surface area contributed by atoms with Gasteiger partial charge in [-0.25, -0.2) is 0 Å². The monoisotopic (exact) mass is 307 g/mol. The van der Waals surface area contributed by atoms with Gasteiger partial charge in [-0.05, 0) is 22.9 Å². The van der Waals surface area contributed by atoms with Gasteiger partial charge < -0.3 is 5.11 Å². The van der Waals surface area contributed by atoms with Gasteiger partial charge in [-0.2, -0.15) is 5.10 Å². The van der Waals surface area contributed by atoms with Crippen molar-refractivity contribution in [3.63, 3.8) is 0 Å². The molecule has 6 heteroatoms. The van der Waals surface area contributed by atoms with Gasteiger partial charge >= 0.3 is 0 Å². The molecule has 0 amide bonds. The molecule has 0 radical (unpaired) electrons. The summed E-state index contributed by atoms with van der Waals surface area (Å²) in [4.78, 5) is 10.3. The van der Waals surface area contributed by atoms with Crippen molar-refractivity contribution in [2.45, 2.75) is 0 Å². The lowest BCUT2D eigenvalue weighted by molar-refractivity contribution is -0.384. The maximum absolute atomic E-state index is 10.7. The average Bonchev–Trinajstić information content (AvgIpc) is 2.57. The molecule has 0 fully saturated rings. The van der Waals surface area contributed by atoms with E-state index in [1.807, 2.05) is 30.3 Å². The highest BCUT2D eigenvalue weighted by Gasteiger charge is 2.06. The molecule has 0 spiro atoms. The molecule has 0 heterocycles. The molecule has 0 aliphatic heterocycles. The van der Waals surface area contributed by atoms with Gasteiger partial charge in [0.2, 0.25) is 0 Å². The highest BCUT2D eigenvalue weighted by Crippen LogP contribution is 2.25. The van der Waals surface area contributed by atoms with E-state index in [1.165, 1.54) is 18.3 Å². The second-order valence-electron chi connectivity index (χ2n) is 4.90. The zero-order chi connectivity index (χ0) is 16.2. The number of phenols is 1. The van der Waals surface area contributed by atoms with E-state index < -0.39 is 4.92 Å². The van der Waals surface area contributed by atoms with Crippen LogP contribution in [0.2, 0.25) is 0 Å². The van der Waals surface area contributed by atoms with Gasteiger partial charge in [0.1, 0.15) is 5.75 Å². The molecule has 0 unspecified atom stereocenters. The van der Waals surface area contributed by atoms with Crippen LogP contribution in [0.5, 0.6) is 5.75 Å². The van der Waals surface area contributed by atoms with Crippen LogP contribution < -0.4 is 5.43 Å². The first kappa shape index (κ1) is 14.5. The molecular formula is C17H13N3O3. The average molecular weight is 307 g/mol. The Labute approximate surface area is 131 Å². The number of hydrazone groups is 1. The zero-order valence-corrected chi connectivity index (χ0v) is 12.0. The topological polar surface area (TPSA) is 87.8 Å². The van der Waals surface area contributed by atoms with Gasteiger partial charge in [0, 0.05) is 17.7 Å². The molecule has 0 saturated carbocycles. The fourth-order valence-electron chi connectivity index (χ4n) is 2.28. The van der Waals surface area contributed by atoms with Crippen LogP contribution in [-0.4, -0.2) is 16.2 Å². The molecule has 3 aromatic rings. The smallest absolute Gasteiger partial charge is 0.271 e. The van der Waals surface area contributed by atoms with Gasteiger partial charge in [0.05, 0.1) is 16.8 Å². The van der Waals surface area contributed by atoms with Gasteiger partial charge in [0.15, 0.2) is 0 Å². The summed E-state index contributed by atoms with van der Waals surface area (Å²) in [7, 11) is 0. The van der Waals surface area contributed by atoms with Gasteiger partial charge in [-0.15, -0.1) is 0 Å². The first-order valence-electron chi connectivity index (χ1n) is 6.89. The van der Waals surface area contributed by atoms with Crippen molar-refractivity contribution in [1.29, 1.82) is 0 Å². The molecule has 0 saturated heterocycles. The number of non-ortho nitro benzene ring substituents is 1. The van der Waals surface area contributed by atoms with Crippen LogP contribution in [0.25, 0.3) is 10.8 Å². The molecule has 6 nitrogen and oxygen atoms in total. The first-order chi connectivity index (χ1) is 11.1. The summed E-state index contributed by atoms with van der Waals surface area (Å²) in [5.41, 5.74) is 3.80. The lowest BCUT2D eigenvalue weighted by Crippen LogP contribution is -1.94. The van der Waals surface area contributed by atoms with E-state index in [1.54, 1.807) is 18.2 Å². The summed E-state index contributed by atoms with van der Waals surface area (Å²) < 4.78 is 0. The Hall–Kier alpha value is -3.41. The summed E-state index contributed by atoms with van der Waals surface area (Å²) >= 11 is 0. The number of hydrogen-bond donors (Lipinski definition) is 2. The van der Waals surface area contributed by atoms with Crippen molar-refractivity contribution in [3.05, 3.63) is 76.3 Å². The van der Waals surface area contributed by atoms with Crippen molar-refractivity contribution in [1.82, 2.24) is 0 Å². The summed E-state index contributed by atoms with van der Waals surface area (Å²) in [6, 6.07) is 17.1. The lowest BCUT2D eigenvalue weighted by atomic mass is 10.0. The second-order valence-corrected chi connectivity index (χ2v) is 4.90. The van der Waals surface area contributed by atoms with Gasteiger partial charge in [-0.3, -0.25) is 15.5 Å². The van der Waals surface area contributed by atoms with Crippen molar-refractivity contribution < 1.29 is 10.0 Å². The minimum atomic E-state index is -0.467. The van der Waals surface area contributed by atoms with E-state index in [0.717, 1.165) is 10.8 Å². The predicted molar refractivity (Wildman–Crippen MR) is 89.9 cm³/mol. The fraction of sp³-hybridized carbons (Fsp3) is 0. The molecule has 0 aliphatic carbocycles. The highest BCUT2D eigenvalue weighted by atomic mass is 16.6. The second kappa shape index (κ2) is 6.15.